The summed E-state index contributed by atoms with van der Waals surface area (Å²) in [5.41, 5.74) is 4.51. The molecule has 0 aromatic heterocycles. The Hall–Kier alpha value is -1.90. The number of nitrogens with one attached hydrogen (secondary N) is 1. The van der Waals surface area contributed by atoms with Crippen molar-refractivity contribution in [2.45, 2.75) is 46.6 Å². The molecule has 1 aromatic rings. The number of allylic oxidation sites excluding steroid dienone is 1. The summed E-state index contributed by atoms with van der Waals surface area (Å²) < 4.78 is 0. The van der Waals surface area contributed by atoms with Crippen LogP contribution >= 0.6 is 0 Å². The van der Waals surface area contributed by atoms with Crippen LogP contribution in [0.4, 0.5) is 0 Å². The summed E-state index contributed by atoms with van der Waals surface area (Å²) in [5, 5.41) is 3.01. The van der Waals surface area contributed by atoms with Crippen molar-refractivity contribution < 1.29 is 4.79 Å². The van der Waals surface area contributed by atoms with Gasteiger partial charge in [-0.2, -0.15) is 0 Å². The van der Waals surface area contributed by atoms with Gasteiger partial charge < -0.3 is 5.32 Å². The van der Waals surface area contributed by atoms with Crippen LogP contribution in [0.3, 0.4) is 0 Å². The van der Waals surface area contributed by atoms with Gasteiger partial charge in [-0.25, -0.2) is 0 Å². The molecule has 0 spiro atoms. The van der Waals surface area contributed by atoms with Gasteiger partial charge in [0.2, 0.25) is 5.91 Å². The molecular formula is C18H24N2O. The van der Waals surface area contributed by atoms with E-state index in [9.17, 15) is 4.79 Å². The molecule has 1 heterocycles. The predicted molar refractivity (Wildman–Crippen MR) is 88.3 cm³/mol. The summed E-state index contributed by atoms with van der Waals surface area (Å²) in [4.78, 5) is 16.2. The smallest absolute Gasteiger partial charge is 0.217 e. The average molecular weight is 284 g/mol. The van der Waals surface area contributed by atoms with Crippen molar-refractivity contribution in [3.63, 3.8) is 0 Å². The van der Waals surface area contributed by atoms with Gasteiger partial charge in [0.15, 0.2) is 0 Å². The van der Waals surface area contributed by atoms with Crippen LogP contribution < -0.4 is 5.32 Å². The minimum absolute atomic E-state index is 0.00295. The first-order valence-corrected chi connectivity index (χ1v) is 7.69. The van der Waals surface area contributed by atoms with Crippen molar-refractivity contribution in [1.82, 2.24) is 5.32 Å². The Bertz CT molecular complexity index is 569. The third-order valence-electron chi connectivity index (χ3n) is 3.92. The summed E-state index contributed by atoms with van der Waals surface area (Å²) in [7, 11) is 0. The molecule has 1 aliphatic heterocycles. The van der Waals surface area contributed by atoms with Gasteiger partial charge in [0, 0.05) is 18.6 Å². The van der Waals surface area contributed by atoms with Crippen LogP contribution in [-0.2, 0) is 4.79 Å². The zero-order valence-corrected chi connectivity index (χ0v) is 13.3. The van der Waals surface area contributed by atoms with Crippen molar-refractivity contribution in [2.24, 2.45) is 10.9 Å². The molecular weight excluding hydrogens is 260 g/mol. The second-order valence-electron chi connectivity index (χ2n) is 5.63. The first kappa shape index (κ1) is 15.5. The highest BCUT2D eigenvalue weighted by Crippen LogP contribution is 2.29. The number of benzene rings is 1. The highest BCUT2D eigenvalue weighted by molar-refractivity contribution is 6.02. The van der Waals surface area contributed by atoms with Crippen molar-refractivity contribution >= 4 is 17.3 Å². The first-order valence-electron chi connectivity index (χ1n) is 7.69. The fourth-order valence-corrected chi connectivity index (χ4v) is 2.71. The zero-order chi connectivity index (χ0) is 15.4. The normalized spacial score (nSPS) is 19.0. The molecule has 0 aliphatic carbocycles. The summed E-state index contributed by atoms with van der Waals surface area (Å²) in [6.07, 6.45) is 4.10. The van der Waals surface area contributed by atoms with E-state index < -0.39 is 0 Å². The molecule has 1 aliphatic rings. The van der Waals surface area contributed by atoms with Crippen molar-refractivity contribution in [3.8, 4) is 0 Å². The van der Waals surface area contributed by atoms with Crippen molar-refractivity contribution in [3.05, 3.63) is 41.5 Å². The standard InChI is InChI=1S/C18H24N2O/c1-5-14-11-17(15-9-7-12(3)8-10-15)20-18(14)16(6-2)19-13(4)21/h7-11,14,16H,5-6H2,1-4H3,(H,19,21)/t14?,16-/m1/s1. The SMILES string of the molecule is CCC1C=C(c2ccc(C)cc2)N=C1[C@@H](CC)NC(C)=O. The van der Waals surface area contributed by atoms with Crippen LogP contribution in [0.15, 0.2) is 35.3 Å². The predicted octanol–water partition coefficient (Wildman–Crippen LogP) is 3.73. The number of hydrogen-bond acceptors (Lipinski definition) is 2. The fraction of sp³-hybridized carbons (Fsp3) is 0.444. The van der Waals surface area contributed by atoms with Crippen LogP contribution in [0.1, 0.15) is 44.7 Å². The lowest BCUT2D eigenvalue weighted by Crippen LogP contribution is -2.41. The first-order chi connectivity index (χ1) is 10.0. The van der Waals surface area contributed by atoms with E-state index >= 15 is 0 Å². The highest BCUT2D eigenvalue weighted by atomic mass is 16.1. The van der Waals surface area contributed by atoms with Gasteiger partial charge in [0.05, 0.1) is 11.7 Å². The van der Waals surface area contributed by atoms with Gasteiger partial charge in [-0.15, -0.1) is 0 Å². The Balaban J connectivity index is 2.28. The molecule has 112 valence electrons. The average Bonchev–Trinajstić information content (AvgIpc) is 2.89. The number of aliphatic imine (C=N–C) groups is 1. The largest absolute Gasteiger partial charge is 0.348 e. The van der Waals surface area contributed by atoms with Crippen LogP contribution in [0.25, 0.3) is 5.70 Å². The van der Waals surface area contributed by atoms with E-state index in [4.69, 9.17) is 4.99 Å². The second-order valence-corrected chi connectivity index (χ2v) is 5.63. The Kier molecular flexibility index (Phi) is 4.94. The quantitative estimate of drug-likeness (QED) is 0.879. The maximum absolute atomic E-state index is 11.4. The lowest BCUT2D eigenvalue weighted by atomic mass is 9.94. The summed E-state index contributed by atoms with van der Waals surface area (Å²) in [6.45, 7) is 7.89. The van der Waals surface area contributed by atoms with Gasteiger partial charge in [0.1, 0.15) is 0 Å². The minimum atomic E-state index is 0.00295. The Morgan fingerprint density at radius 2 is 1.95 bits per heavy atom. The van der Waals surface area contributed by atoms with E-state index in [2.05, 4.69) is 56.4 Å². The molecule has 0 bridgehead atoms. The molecule has 1 aromatic carbocycles. The number of nitrogens with zero attached hydrogens (tertiary/aromatic N) is 1. The molecule has 1 amide bonds. The third-order valence-corrected chi connectivity index (χ3v) is 3.92. The maximum atomic E-state index is 11.4. The van der Waals surface area contributed by atoms with E-state index in [-0.39, 0.29) is 11.9 Å². The van der Waals surface area contributed by atoms with Gasteiger partial charge >= 0.3 is 0 Å². The molecule has 3 nitrogen and oxygen atoms in total. The second kappa shape index (κ2) is 6.70. The van der Waals surface area contributed by atoms with Crippen LogP contribution in [0.5, 0.6) is 0 Å². The Labute approximate surface area is 127 Å². The third kappa shape index (κ3) is 3.60. The lowest BCUT2D eigenvalue weighted by Gasteiger charge is -2.20. The molecule has 2 rings (SSSR count). The number of hydrogen-bond donors (Lipinski definition) is 1. The van der Waals surface area contributed by atoms with E-state index in [0.717, 1.165) is 29.8 Å². The molecule has 0 saturated carbocycles. The molecule has 0 saturated heterocycles. The number of aryl methyl sites for hydroxylation is 1. The van der Waals surface area contributed by atoms with Crippen molar-refractivity contribution in [1.29, 1.82) is 0 Å². The van der Waals surface area contributed by atoms with Gasteiger partial charge in [0.25, 0.3) is 0 Å². The maximum Gasteiger partial charge on any atom is 0.217 e. The van der Waals surface area contributed by atoms with Crippen molar-refractivity contribution in [2.75, 3.05) is 0 Å². The number of carbonyl (C=O) groups excluding carboxylic acids is 1. The molecule has 0 fully saturated rings. The number of carbonyl (C=O) groups is 1. The summed E-state index contributed by atoms with van der Waals surface area (Å²) in [6, 6.07) is 8.47. The Morgan fingerprint density at radius 3 is 2.48 bits per heavy atom. The van der Waals surface area contributed by atoms with E-state index in [0.29, 0.717) is 5.92 Å². The molecule has 3 heteroatoms. The zero-order valence-electron chi connectivity index (χ0n) is 13.3. The summed E-state index contributed by atoms with van der Waals surface area (Å²) in [5.74, 6) is 0.321. The van der Waals surface area contributed by atoms with E-state index in [1.807, 2.05) is 0 Å². The van der Waals surface area contributed by atoms with Gasteiger partial charge in [-0.3, -0.25) is 9.79 Å². The number of rotatable bonds is 5. The van der Waals surface area contributed by atoms with Gasteiger partial charge in [-0.05, 0) is 31.4 Å². The summed E-state index contributed by atoms with van der Waals surface area (Å²) >= 11 is 0. The number of amides is 1. The van der Waals surface area contributed by atoms with Gasteiger partial charge in [-0.1, -0.05) is 43.7 Å². The molecule has 21 heavy (non-hydrogen) atoms. The monoisotopic (exact) mass is 284 g/mol. The molecule has 1 N–H and O–H groups in total. The van der Waals surface area contributed by atoms with E-state index in [1.165, 1.54) is 5.56 Å². The fourth-order valence-electron chi connectivity index (χ4n) is 2.71. The minimum Gasteiger partial charge on any atom is -0.348 e. The Morgan fingerprint density at radius 1 is 1.29 bits per heavy atom. The molecule has 1 unspecified atom stereocenters. The lowest BCUT2D eigenvalue weighted by molar-refractivity contribution is -0.119. The molecule has 0 radical (unpaired) electrons. The molecule has 2 atom stereocenters. The van der Waals surface area contributed by atoms with Crippen LogP contribution in [0, 0.1) is 12.8 Å². The van der Waals surface area contributed by atoms with E-state index in [1.54, 1.807) is 6.92 Å². The van der Waals surface area contributed by atoms with Crippen LogP contribution in [0.2, 0.25) is 0 Å². The van der Waals surface area contributed by atoms with Crippen LogP contribution in [-0.4, -0.2) is 17.7 Å². The highest BCUT2D eigenvalue weighted by Gasteiger charge is 2.26. The topological polar surface area (TPSA) is 41.5 Å².